The van der Waals surface area contributed by atoms with Crippen LogP contribution in [0.2, 0.25) is 0 Å². The van der Waals surface area contributed by atoms with Crippen LogP contribution in [0.3, 0.4) is 0 Å². The highest BCUT2D eigenvalue weighted by Crippen LogP contribution is 2.09. The number of nitrogens with zero attached hydrogens (tertiary/aromatic N) is 1. The molecule has 1 heterocycles. The summed E-state index contributed by atoms with van der Waals surface area (Å²) >= 11 is 0. The molecule has 1 aliphatic rings. The number of hydrogen-bond donors (Lipinski definition) is 1. The Hall–Kier alpha value is -0.610. The molecule has 1 saturated heterocycles. The van der Waals surface area contributed by atoms with Gasteiger partial charge in [-0.2, -0.15) is 0 Å². The van der Waals surface area contributed by atoms with Crippen molar-refractivity contribution in [2.45, 2.75) is 51.7 Å². The van der Waals surface area contributed by atoms with Gasteiger partial charge >= 0.3 is 0 Å². The molecule has 1 amide bonds. The smallest absolute Gasteiger partial charge is 0.222 e. The fraction of sp³-hybridized carbons (Fsp3) is 0.917. The molecule has 0 bridgehead atoms. The quantitative estimate of drug-likeness (QED) is 0.785. The molecule has 2 unspecified atom stereocenters. The van der Waals surface area contributed by atoms with Crippen LogP contribution < -0.4 is 5.73 Å². The Kier molecular flexibility index (Phi) is 5.77. The molecule has 0 radical (unpaired) electrons. The molecule has 4 nitrogen and oxygen atoms in total. The minimum Gasteiger partial charge on any atom is -0.377 e. The van der Waals surface area contributed by atoms with E-state index in [9.17, 15) is 4.79 Å². The molecule has 0 aliphatic carbocycles. The number of amides is 1. The first-order valence-corrected chi connectivity index (χ1v) is 6.24. The van der Waals surface area contributed by atoms with E-state index in [1.54, 1.807) is 0 Å². The zero-order chi connectivity index (χ0) is 12.0. The van der Waals surface area contributed by atoms with Crippen molar-refractivity contribution in [1.82, 2.24) is 4.90 Å². The van der Waals surface area contributed by atoms with Crippen LogP contribution in [0.25, 0.3) is 0 Å². The van der Waals surface area contributed by atoms with E-state index in [0.29, 0.717) is 6.42 Å². The van der Waals surface area contributed by atoms with E-state index in [1.807, 2.05) is 18.7 Å². The lowest BCUT2D eigenvalue weighted by atomic mass is 10.1. The van der Waals surface area contributed by atoms with Gasteiger partial charge in [0, 0.05) is 32.2 Å². The zero-order valence-electron chi connectivity index (χ0n) is 10.4. The first kappa shape index (κ1) is 13.5. The van der Waals surface area contributed by atoms with Gasteiger partial charge in [0.05, 0.1) is 6.10 Å². The molecule has 2 atom stereocenters. The molecule has 0 aromatic carbocycles. The van der Waals surface area contributed by atoms with Gasteiger partial charge in [-0.3, -0.25) is 4.79 Å². The van der Waals surface area contributed by atoms with Gasteiger partial charge in [-0.1, -0.05) is 0 Å². The standard InChI is InChI=1S/C12H24N2O2/c1-10(13)5-3-6-12(15)14-7-4-8-16-11(2)9-14/h10-11H,3-9,13H2,1-2H3. The predicted molar refractivity (Wildman–Crippen MR) is 64.1 cm³/mol. The molecule has 1 aliphatic heterocycles. The molecule has 0 spiro atoms. The molecule has 0 aromatic heterocycles. The first-order chi connectivity index (χ1) is 7.59. The maximum Gasteiger partial charge on any atom is 0.222 e. The average molecular weight is 228 g/mol. The Morgan fingerprint density at radius 1 is 1.62 bits per heavy atom. The number of carbonyl (C=O) groups excluding carboxylic acids is 1. The molecule has 0 saturated carbocycles. The van der Waals surface area contributed by atoms with Gasteiger partial charge < -0.3 is 15.4 Å². The van der Waals surface area contributed by atoms with Crippen LogP contribution in [0.1, 0.15) is 39.5 Å². The second kappa shape index (κ2) is 6.86. The van der Waals surface area contributed by atoms with Crippen molar-refractivity contribution in [1.29, 1.82) is 0 Å². The SMILES string of the molecule is CC(N)CCCC(=O)N1CCCOC(C)C1. The zero-order valence-corrected chi connectivity index (χ0v) is 10.4. The number of nitrogens with two attached hydrogens (primary N) is 1. The second-order valence-corrected chi connectivity index (χ2v) is 4.74. The van der Waals surface area contributed by atoms with Gasteiger partial charge in [-0.25, -0.2) is 0 Å². The first-order valence-electron chi connectivity index (χ1n) is 6.24. The second-order valence-electron chi connectivity index (χ2n) is 4.74. The Labute approximate surface area is 98.1 Å². The van der Waals surface area contributed by atoms with E-state index in [1.165, 1.54) is 0 Å². The van der Waals surface area contributed by atoms with E-state index in [0.717, 1.165) is 39.0 Å². The molecule has 1 rings (SSSR count). The Balaban J connectivity index is 2.28. The van der Waals surface area contributed by atoms with Gasteiger partial charge in [-0.05, 0) is 33.1 Å². The Morgan fingerprint density at radius 2 is 2.38 bits per heavy atom. The van der Waals surface area contributed by atoms with Crippen molar-refractivity contribution >= 4 is 5.91 Å². The molecule has 94 valence electrons. The van der Waals surface area contributed by atoms with Crippen molar-refractivity contribution in [3.63, 3.8) is 0 Å². The van der Waals surface area contributed by atoms with Gasteiger partial charge in [0.25, 0.3) is 0 Å². The number of hydrogen-bond acceptors (Lipinski definition) is 3. The topological polar surface area (TPSA) is 55.6 Å². The van der Waals surface area contributed by atoms with Crippen molar-refractivity contribution < 1.29 is 9.53 Å². The summed E-state index contributed by atoms with van der Waals surface area (Å²) in [5, 5.41) is 0. The molecule has 0 aromatic rings. The highest BCUT2D eigenvalue weighted by atomic mass is 16.5. The Bertz CT molecular complexity index is 219. The summed E-state index contributed by atoms with van der Waals surface area (Å²) in [6.45, 7) is 6.34. The van der Waals surface area contributed by atoms with Crippen LogP contribution in [0.15, 0.2) is 0 Å². The summed E-state index contributed by atoms with van der Waals surface area (Å²) in [5.74, 6) is 0.248. The van der Waals surface area contributed by atoms with Gasteiger partial charge in [0.15, 0.2) is 0 Å². The summed E-state index contributed by atoms with van der Waals surface area (Å²) in [5.41, 5.74) is 5.66. The molecule has 1 fully saturated rings. The normalized spacial score (nSPS) is 23.9. The fourth-order valence-corrected chi connectivity index (χ4v) is 1.95. The highest BCUT2D eigenvalue weighted by Gasteiger charge is 2.19. The van der Waals surface area contributed by atoms with Gasteiger partial charge in [0.1, 0.15) is 0 Å². The summed E-state index contributed by atoms with van der Waals surface area (Å²) in [7, 11) is 0. The third-order valence-corrected chi connectivity index (χ3v) is 2.86. The number of ether oxygens (including phenoxy) is 1. The van der Waals surface area contributed by atoms with Crippen molar-refractivity contribution in [3.8, 4) is 0 Å². The van der Waals surface area contributed by atoms with Crippen molar-refractivity contribution in [3.05, 3.63) is 0 Å². The van der Waals surface area contributed by atoms with E-state index in [-0.39, 0.29) is 18.1 Å². The van der Waals surface area contributed by atoms with Crippen LogP contribution in [0.5, 0.6) is 0 Å². The summed E-state index contributed by atoms with van der Waals surface area (Å²) in [6.07, 6.45) is 3.55. The minimum atomic E-state index is 0.167. The maximum atomic E-state index is 11.9. The average Bonchev–Trinajstić information content (AvgIpc) is 2.42. The molecule has 2 N–H and O–H groups in total. The lowest BCUT2D eigenvalue weighted by Crippen LogP contribution is -2.35. The monoisotopic (exact) mass is 228 g/mol. The molecular weight excluding hydrogens is 204 g/mol. The van der Waals surface area contributed by atoms with E-state index in [2.05, 4.69) is 0 Å². The highest BCUT2D eigenvalue weighted by molar-refractivity contribution is 5.76. The fourth-order valence-electron chi connectivity index (χ4n) is 1.95. The van der Waals surface area contributed by atoms with Crippen molar-refractivity contribution in [2.75, 3.05) is 19.7 Å². The molecule has 16 heavy (non-hydrogen) atoms. The van der Waals surface area contributed by atoms with Gasteiger partial charge in [0.2, 0.25) is 5.91 Å². The van der Waals surface area contributed by atoms with Crippen LogP contribution in [0.4, 0.5) is 0 Å². The molecular formula is C12H24N2O2. The summed E-state index contributed by atoms with van der Waals surface area (Å²) in [4.78, 5) is 13.8. The predicted octanol–water partition coefficient (Wildman–Crippen LogP) is 1.14. The van der Waals surface area contributed by atoms with E-state index < -0.39 is 0 Å². The number of rotatable bonds is 4. The van der Waals surface area contributed by atoms with Crippen LogP contribution in [-0.2, 0) is 9.53 Å². The minimum absolute atomic E-state index is 0.167. The van der Waals surface area contributed by atoms with Gasteiger partial charge in [-0.15, -0.1) is 0 Å². The lowest BCUT2D eigenvalue weighted by molar-refractivity contribution is -0.132. The largest absolute Gasteiger partial charge is 0.377 e. The maximum absolute atomic E-state index is 11.9. The van der Waals surface area contributed by atoms with Crippen LogP contribution in [0, 0.1) is 0 Å². The Morgan fingerprint density at radius 3 is 3.06 bits per heavy atom. The van der Waals surface area contributed by atoms with E-state index in [4.69, 9.17) is 10.5 Å². The summed E-state index contributed by atoms with van der Waals surface area (Å²) < 4.78 is 5.51. The number of carbonyl (C=O) groups is 1. The van der Waals surface area contributed by atoms with E-state index >= 15 is 0 Å². The third-order valence-electron chi connectivity index (χ3n) is 2.86. The van der Waals surface area contributed by atoms with Crippen molar-refractivity contribution in [2.24, 2.45) is 5.73 Å². The van der Waals surface area contributed by atoms with Crippen LogP contribution >= 0.6 is 0 Å². The van der Waals surface area contributed by atoms with Crippen LogP contribution in [-0.4, -0.2) is 42.6 Å². The lowest BCUT2D eigenvalue weighted by Gasteiger charge is -2.22. The molecule has 4 heteroatoms. The summed E-state index contributed by atoms with van der Waals surface area (Å²) in [6, 6.07) is 0.194. The third kappa shape index (κ3) is 4.94.